The number of fused-ring (bicyclic) bond motifs is 1. The van der Waals surface area contributed by atoms with Crippen LogP contribution in [0.15, 0.2) is 67.0 Å². The lowest BCUT2D eigenvalue weighted by atomic mass is 9.82. The molecule has 8 heteroatoms. The fraction of sp³-hybridized carbons (Fsp3) is 0.357. The second kappa shape index (κ2) is 9.93. The summed E-state index contributed by atoms with van der Waals surface area (Å²) < 4.78 is 35.1. The van der Waals surface area contributed by atoms with Crippen LogP contribution in [0, 0.1) is 0 Å². The lowest BCUT2D eigenvalue weighted by molar-refractivity contribution is -0.0151. The van der Waals surface area contributed by atoms with Crippen molar-refractivity contribution in [1.82, 2.24) is 9.88 Å². The third-order valence-electron chi connectivity index (χ3n) is 6.97. The highest BCUT2D eigenvalue weighted by molar-refractivity contribution is 7.89. The Labute approximate surface area is 212 Å². The molecule has 36 heavy (non-hydrogen) atoms. The highest BCUT2D eigenvalue weighted by Gasteiger charge is 2.40. The number of amides is 1. The summed E-state index contributed by atoms with van der Waals surface area (Å²) in [7, 11) is -3.05. The predicted molar refractivity (Wildman–Crippen MR) is 137 cm³/mol. The number of ether oxygens (including phenoxy) is 2. The maximum atomic E-state index is 12.5. The SMILES string of the molecule is CS(=O)(=O)Cc1ccc(-c2ccc3c(c2)CCC2(CCN(C(=O)OCc4cccnc4)CC2)O3)cc1. The van der Waals surface area contributed by atoms with Crippen molar-refractivity contribution >= 4 is 15.9 Å². The molecule has 0 unspecified atom stereocenters. The van der Waals surface area contributed by atoms with E-state index in [9.17, 15) is 13.2 Å². The highest BCUT2D eigenvalue weighted by atomic mass is 32.2. The van der Waals surface area contributed by atoms with Gasteiger partial charge in [-0.25, -0.2) is 13.2 Å². The van der Waals surface area contributed by atoms with Crippen LogP contribution in [0.4, 0.5) is 4.79 Å². The van der Waals surface area contributed by atoms with Crippen LogP contribution in [0.1, 0.15) is 36.0 Å². The van der Waals surface area contributed by atoms with E-state index in [1.54, 1.807) is 17.3 Å². The standard InChI is InChI=1S/C28H30N2O5S/c1-36(32,33)20-21-4-6-23(7-5-21)24-8-9-26-25(17-24)10-11-28(35-26)12-15-30(16-13-28)27(31)34-19-22-3-2-14-29-18-22/h2-9,14,17-18H,10-13,15-16,19-20H2,1H3. The third-order valence-corrected chi connectivity index (χ3v) is 7.83. The van der Waals surface area contributed by atoms with Crippen molar-refractivity contribution in [2.75, 3.05) is 19.3 Å². The molecule has 2 aliphatic heterocycles. The van der Waals surface area contributed by atoms with Crippen molar-refractivity contribution in [2.24, 2.45) is 0 Å². The van der Waals surface area contributed by atoms with Crippen LogP contribution >= 0.6 is 0 Å². The van der Waals surface area contributed by atoms with E-state index >= 15 is 0 Å². The number of rotatable bonds is 5. The number of hydrogen-bond donors (Lipinski definition) is 0. The summed E-state index contributed by atoms with van der Waals surface area (Å²) in [4.78, 5) is 18.3. The largest absolute Gasteiger partial charge is 0.487 e. The molecule has 2 aromatic carbocycles. The van der Waals surface area contributed by atoms with Gasteiger partial charge in [0.15, 0.2) is 9.84 Å². The second-order valence-corrected chi connectivity index (χ2v) is 11.9. The summed E-state index contributed by atoms with van der Waals surface area (Å²) >= 11 is 0. The van der Waals surface area contributed by atoms with Crippen LogP contribution in [0.3, 0.4) is 0 Å². The molecular formula is C28H30N2O5S. The molecule has 0 saturated carbocycles. The minimum absolute atomic E-state index is 0.0487. The van der Waals surface area contributed by atoms with Crippen molar-refractivity contribution in [2.45, 2.75) is 43.6 Å². The van der Waals surface area contributed by atoms with Gasteiger partial charge in [-0.15, -0.1) is 0 Å². The van der Waals surface area contributed by atoms with Gasteiger partial charge in [0.25, 0.3) is 0 Å². The molecule has 1 spiro atoms. The Morgan fingerprint density at radius 1 is 1.03 bits per heavy atom. The van der Waals surface area contributed by atoms with E-state index in [2.05, 4.69) is 11.1 Å². The predicted octanol–water partition coefficient (Wildman–Crippen LogP) is 4.79. The van der Waals surface area contributed by atoms with Crippen LogP contribution in [-0.2, 0) is 33.4 Å². The maximum Gasteiger partial charge on any atom is 0.410 e. The number of likely N-dealkylation sites (tertiary alicyclic amines) is 1. The Bertz CT molecular complexity index is 1330. The van der Waals surface area contributed by atoms with Crippen molar-refractivity contribution in [3.63, 3.8) is 0 Å². The molecule has 3 heterocycles. The number of aryl methyl sites for hydroxylation is 1. The first kappa shape index (κ1) is 24.3. The summed E-state index contributed by atoms with van der Waals surface area (Å²) in [5.41, 5.74) is 4.73. The molecule has 1 amide bonds. The molecule has 5 rings (SSSR count). The van der Waals surface area contributed by atoms with Crippen LogP contribution in [0.2, 0.25) is 0 Å². The fourth-order valence-corrected chi connectivity index (χ4v) is 5.76. The molecule has 0 radical (unpaired) electrons. The summed E-state index contributed by atoms with van der Waals surface area (Å²) in [6, 6.07) is 17.6. The van der Waals surface area contributed by atoms with Crippen LogP contribution in [0.5, 0.6) is 5.75 Å². The van der Waals surface area contributed by atoms with Gasteiger partial charge in [0.2, 0.25) is 0 Å². The molecule has 1 saturated heterocycles. The van der Waals surface area contributed by atoms with Crippen molar-refractivity contribution in [1.29, 1.82) is 0 Å². The number of carbonyl (C=O) groups excluding carboxylic acids is 1. The number of benzene rings is 2. The third kappa shape index (κ3) is 5.70. The molecule has 0 aliphatic carbocycles. The lowest BCUT2D eigenvalue weighted by Crippen LogP contribution is -2.51. The van der Waals surface area contributed by atoms with Crippen LogP contribution in [0.25, 0.3) is 11.1 Å². The second-order valence-electron chi connectivity index (χ2n) is 9.78. The normalized spacial score (nSPS) is 16.8. The van der Waals surface area contributed by atoms with E-state index in [-0.39, 0.29) is 24.1 Å². The molecular weight excluding hydrogens is 476 g/mol. The molecule has 7 nitrogen and oxygen atoms in total. The molecule has 1 aromatic heterocycles. The number of pyridine rings is 1. The monoisotopic (exact) mass is 506 g/mol. The van der Waals surface area contributed by atoms with Gasteiger partial charge in [-0.3, -0.25) is 4.98 Å². The topological polar surface area (TPSA) is 85.8 Å². The molecule has 2 aliphatic rings. The molecule has 0 atom stereocenters. The zero-order chi connectivity index (χ0) is 25.2. The Morgan fingerprint density at radius 3 is 2.47 bits per heavy atom. The molecule has 1 fully saturated rings. The lowest BCUT2D eigenvalue weighted by Gasteiger charge is -2.44. The van der Waals surface area contributed by atoms with Gasteiger partial charge in [-0.1, -0.05) is 36.4 Å². The van der Waals surface area contributed by atoms with E-state index in [1.807, 2.05) is 48.5 Å². The minimum Gasteiger partial charge on any atom is -0.487 e. The Kier molecular flexibility index (Phi) is 6.71. The van der Waals surface area contributed by atoms with Gasteiger partial charge >= 0.3 is 6.09 Å². The van der Waals surface area contributed by atoms with Gasteiger partial charge < -0.3 is 14.4 Å². The van der Waals surface area contributed by atoms with E-state index in [0.29, 0.717) is 13.1 Å². The zero-order valence-electron chi connectivity index (χ0n) is 20.4. The number of aromatic nitrogens is 1. The number of carbonyl (C=O) groups is 1. The van der Waals surface area contributed by atoms with Gasteiger partial charge in [0.05, 0.1) is 5.75 Å². The summed E-state index contributed by atoms with van der Waals surface area (Å²) in [5, 5.41) is 0. The molecule has 0 bridgehead atoms. The minimum atomic E-state index is -3.05. The zero-order valence-corrected chi connectivity index (χ0v) is 21.2. The van der Waals surface area contributed by atoms with Crippen LogP contribution < -0.4 is 4.74 Å². The van der Waals surface area contributed by atoms with Crippen molar-refractivity contribution in [3.8, 4) is 16.9 Å². The van der Waals surface area contributed by atoms with Crippen molar-refractivity contribution in [3.05, 3.63) is 83.7 Å². The fourth-order valence-electron chi connectivity index (χ4n) is 4.97. The summed E-state index contributed by atoms with van der Waals surface area (Å²) in [6.45, 7) is 1.44. The maximum absolute atomic E-state index is 12.5. The van der Waals surface area contributed by atoms with Gasteiger partial charge in [-0.2, -0.15) is 0 Å². The van der Waals surface area contributed by atoms with Crippen molar-refractivity contribution < 1.29 is 22.7 Å². The Balaban J connectivity index is 1.19. The molecule has 0 N–H and O–H groups in total. The Hall–Kier alpha value is -3.39. The molecule has 3 aromatic rings. The molecule has 188 valence electrons. The quantitative estimate of drug-likeness (QED) is 0.495. The first-order valence-electron chi connectivity index (χ1n) is 12.2. The van der Waals surface area contributed by atoms with Gasteiger partial charge in [-0.05, 0) is 53.3 Å². The number of nitrogens with zero attached hydrogens (tertiary/aromatic N) is 2. The van der Waals surface area contributed by atoms with E-state index in [0.717, 1.165) is 53.7 Å². The Morgan fingerprint density at radius 2 is 1.78 bits per heavy atom. The number of piperidine rings is 1. The average Bonchev–Trinajstić information content (AvgIpc) is 2.88. The van der Waals surface area contributed by atoms with E-state index in [4.69, 9.17) is 9.47 Å². The van der Waals surface area contributed by atoms with E-state index < -0.39 is 9.84 Å². The number of sulfone groups is 1. The van der Waals surface area contributed by atoms with Gasteiger partial charge in [0, 0.05) is 50.1 Å². The smallest absolute Gasteiger partial charge is 0.410 e. The summed E-state index contributed by atoms with van der Waals surface area (Å²) in [6.07, 6.45) is 7.73. The first-order valence-corrected chi connectivity index (χ1v) is 14.2. The average molecular weight is 507 g/mol. The van der Waals surface area contributed by atoms with E-state index in [1.165, 1.54) is 11.8 Å². The first-order chi connectivity index (χ1) is 17.3. The number of hydrogen-bond acceptors (Lipinski definition) is 6. The van der Waals surface area contributed by atoms with Gasteiger partial charge in [0.1, 0.15) is 18.0 Å². The van der Waals surface area contributed by atoms with Crippen LogP contribution in [-0.4, -0.2) is 49.3 Å². The summed E-state index contributed by atoms with van der Waals surface area (Å²) in [5.74, 6) is 0.957. The highest BCUT2D eigenvalue weighted by Crippen LogP contribution is 2.41.